The predicted octanol–water partition coefficient (Wildman–Crippen LogP) is 4.65. The lowest BCUT2D eigenvalue weighted by Gasteiger charge is -2.09. The molecule has 0 fully saturated rings. The van der Waals surface area contributed by atoms with Crippen LogP contribution in [0.4, 0.5) is 21.9 Å². The highest BCUT2D eigenvalue weighted by Gasteiger charge is 2.09. The van der Waals surface area contributed by atoms with E-state index in [2.05, 4.69) is 26.6 Å². The molecule has 0 spiro atoms. The fourth-order valence-electron chi connectivity index (χ4n) is 1.57. The number of hydrogen-bond acceptors (Lipinski definition) is 3. The Hall–Kier alpha value is -2.12. The molecule has 2 N–H and O–H groups in total. The first-order valence-corrected chi connectivity index (χ1v) is 6.90. The number of halogens is 2. The molecule has 0 aliphatic rings. The van der Waals surface area contributed by atoms with Gasteiger partial charge in [-0.15, -0.1) is 0 Å². The summed E-state index contributed by atoms with van der Waals surface area (Å²) in [5, 5.41) is 16.3. The summed E-state index contributed by atoms with van der Waals surface area (Å²) in [6, 6.07) is 10.1. The van der Waals surface area contributed by atoms with Crippen molar-refractivity contribution in [2.24, 2.45) is 0 Å². The number of carbonyl (C=O) groups excluding carboxylic acids is 1. The third-order valence-corrected chi connectivity index (χ3v) is 3.39. The standard InChI is InChI=1S/C13H9BrClN3O3/c14-11-6-8(15)4-5-12(11)17-13(19)16-9-2-1-3-10(7-9)18(20)21/h1-7H,(H2,16,17,19). The first kappa shape index (κ1) is 15.3. The van der Waals surface area contributed by atoms with Crippen LogP contribution in [0, 0.1) is 10.1 Å². The van der Waals surface area contributed by atoms with E-state index in [0.717, 1.165) is 0 Å². The number of amides is 2. The van der Waals surface area contributed by atoms with Crippen molar-refractivity contribution in [2.75, 3.05) is 10.6 Å². The summed E-state index contributed by atoms with van der Waals surface area (Å²) in [4.78, 5) is 22.0. The quantitative estimate of drug-likeness (QED) is 0.609. The maximum Gasteiger partial charge on any atom is 0.323 e. The lowest BCUT2D eigenvalue weighted by Crippen LogP contribution is -2.19. The Kier molecular flexibility index (Phi) is 4.77. The van der Waals surface area contributed by atoms with E-state index in [9.17, 15) is 14.9 Å². The van der Waals surface area contributed by atoms with Gasteiger partial charge in [0.15, 0.2) is 0 Å². The van der Waals surface area contributed by atoms with Crippen LogP contribution in [0.2, 0.25) is 5.02 Å². The van der Waals surface area contributed by atoms with Gasteiger partial charge in [0.05, 0.1) is 10.6 Å². The molecule has 2 amide bonds. The topological polar surface area (TPSA) is 84.3 Å². The summed E-state index contributed by atoms with van der Waals surface area (Å²) in [5.41, 5.74) is 0.759. The van der Waals surface area contributed by atoms with Crippen LogP contribution in [-0.4, -0.2) is 11.0 Å². The Morgan fingerprint density at radius 2 is 1.95 bits per heavy atom. The van der Waals surface area contributed by atoms with Gasteiger partial charge in [0.2, 0.25) is 0 Å². The van der Waals surface area contributed by atoms with E-state index < -0.39 is 11.0 Å². The molecule has 0 heterocycles. The van der Waals surface area contributed by atoms with Crippen molar-refractivity contribution < 1.29 is 9.72 Å². The molecule has 0 atom stereocenters. The summed E-state index contributed by atoms with van der Waals surface area (Å²) in [6.07, 6.45) is 0. The Balaban J connectivity index is 2.08. The first-order chi connectivity index (χ1) is 9.95. The molecule has 0 radical (unpaired) electrons. The number of hydrogen-bond donors (Lipinski definition) is 2. The average molecular weight is 371 g/mol. The van der Waals surface area contributed by atoms with Crippen molar-refractivity contribution in [3.05, 3.63) is 62.1 Å². The molecule has 21 heavy (non-hydrogen) atoms. The number of carbonyl (C=O) groups is 1. The predicted molar refractivity (Wildman–Crippen MR) is 84.9 cm³/mol. The van der Waals surface area contributed by atoms with Crippen LogP contribution in [0.5, 0.6) is 0 Å². The van der Waals surface area contributed by atoms with Crippen LogP contribution < -0.4 is 10.6 Å². The molecule has 108 valence electrons. The summed E-state index contributed by atoms with van der Waals surface area (Å²) >= 11 is 9.08. The summed E-state index contributed by atoms with van der Waals surface area (Å²) in [7, 11) is 0. The van der Waals surface area contributed by atoms with E-state index in [1.54, 1.807) is 24.3 Å². The number of nitrogens with zero attached hydrogens (tertiary/aromatic N) is 1. The van der Waals surface area contributed by atoms with Gasteiger partial charge < -0.3 is 10.6 Å². The molecule has 0 bridgehead atoms. The highest BCUT2D eigenvalue weighted by molar-refractivity contribution is 9.10. The van der Waals surface area contributed by atoms with Gasteiger partial charge in [-0.25, -0.2) is 4.79 Å². The molecule has 2 aromatic rings. The second kappa shape index (κ2) is 6.55. The maximum atomic E-state index is 11.9. The Morgan fingerprint density at radius 1 is 1.19 bits per heavy atom. The fraction of sp³-hybridized carbons (Fsp3) is 0. The fourth-order valence-corrected chi connectivity index (χ4v) is 2.35. The van der Waals surface area contributed by atoms with Crippen LogP contribution >= 0.6 is 27.5 Å². The van der Waals surface area contributed by atoms with Crippen LogP contribution in [0.15, 0.2) is 46.9 Å². The number of nitrogens with one attached hydrogen (secondary N) is 2. The normalized spacial score (nSPS) is 10.0. The minimum absolute atomic E-state index is 0.0968. The van der Waals surface area contributed by atoms with Crippen LogP contribution in [0.1, 0.15) is 0 Å². The Morgan fingerprint density at radius 3 is 2.62 bits per heavy atom. The van der Waals surface area contributed by atoms with Gasteiger partial charge >= 0.3 is 6.03 Å². The monoisotopic (exact) mass is 369 g/mol. The third-order valence-electron chi connectivity index (χ3n) is 2.49. The average Bonchev–Trinajstić information content (AvgIpc) is 2.42. The molecule has 8 heteroatoms. The Bertz CT molecular complexity index is 709. The van der Waals surface area contributed by atoms with E-state index in [1.807, 2.05) is 0 Å². The van der Waals surface area contributed by atoms with E-state index in [-0.39, 0.29) is 5.69 Å². The number of anilines is 2. The van der Waals surface area contributed by atoms with Crippen molar-refractivity contribution in [2.45, 2.75) is 0 Å². The van der Waals surface area contributed by atoms with E-state index in [1.165, 1.54) is 18.2 Å². The Labute approximate surface area is 133 Å². The number of rotatable bonds is 3. The van der Waals surface area contributed by atoms with Crippen molar-refractivity contribution in [3.8, 4) is 0 Å². The van der Waals surface area contributed by atoms with Gasteiger partial charge in [-0.3, -0.25) is 10.1 Å². The molecule has 2 aromatic carbocycles. The highest BCUT2D eigenvalue weighted by Crippen LogP contribution is 2.26. The third kappa shape index (κ3) is 4.17. The zero-order valence-corrected chi connectivity index (χ0v) is 12.8. The molecule has 0 saturated carbocycles. The number of urea groups is 1. The lowest BCUT2D eigenvalue weighted by atomic mass is 10.3. The lowest BCUT2D eigenvalue weighted by molar-refractivity contribution is -0.384. The molecule has 0 aromatic heterocycles. The molecule has 0 aliphatic heterocycles. The largest absolute Gasteiger partial charge is 0.323 e. The van der Waals surface area contributed by atoms with E-state index >= 15 is 0 Å². The maximum absolute atomic E-state index is 11.9. The molecular weight excluding hydrogens is 362 g/mol. The van der Waals surface area contributed by atoms with Crippen LogP contribution in [0.25, 0.3) is 0 Å². The SMILES string of the molecule is O=C(Nc1cccc([N+](=O)[O-])c1)Nc1ccc(Cl)cc1Br. The minimum Gasteiger partial charge on any atom is -0.307 e. The molecule has 0 saturated heterocycles. The van der Waals surface area contributed by atoms with Crippen molar-refractivity contribution >= 4 is 50.6 Å². The van der Waals surface area contributed by atoms with Gasteiger partial charge in [0.25, 0.3) is 5.69 Å². The minimum atomic E-state index is -0.529. The molecule has 2 rings (SSSR count). The second-order valence-corrected chi connectivity index (χ2v) is 5.30. The van der Waals surface area contributed by atoms with E-state index in [0.29, 0.717) is 20.9 Å². The van der Waals surface area contributed by atoms with Gasteiger partial charge in [0.1, 0.15) is 0 Å². The molecular formula is C13H9BrClN3O3. The van der Waals surface area contributed by atoms with Crippen molar-refractivity contribution in [3.63, 3.8) is 0 Å². The van der Waals surface area contributed by atoms with Gasteiger partial charge in [-0.05, 0) is 40.2 Å². The summed E-state index contributed by atoms with van der Waals surface area (Å²) in [5.74, 6) is 0. The van der Waals surface area contributed by atoms with Crippen molar-refractivity contribution in [1.29, 1.82) is 0 Å². The summed E-state index contributed by atoms with van der Waals surface area (Å²) in [6.45, 7) is 0. The first-order valence-electron chi connectivity index (χ1n) is 5.73. The van der Waals surface area contributed by atoms with Gasteiger partial charge in [-0.1, -0.05) is 17.7 Å². The summed E-state index contributed by atoms with van der Waals surface area (Å²) < 4.78 is 0.629. The van der Waals surface area contributed by atoms with E-state index in [4.69, 9.17) is 11.6 Å². The number of non-ortho nitro benzene ring substituents is 1. The molecule has 6 nitrogen and oxygen atoms in total. The zero-order valence-electron chi connectivity index (χ0n) is 10.5. The van der Waals surface area contributed by atoms with Crippen molar-refractivity contribution in [1.82, 2.24) is 0 Å². The highest BCUT2D eigenvalue weighted by atomic mass is 79.9. The van der Waals surface area contributed by atoms with Crippen LogP contribution in [0.3, 0.4) is 0 Å². The van der Waals surface area contributed by atoms with Crippen LogP contribution in [-0.2, 0) is 0 Å². The number of benzene rings is 2. The number of nitro benzene ring substituents is 1. The zero-order chi connectivity index (χ0) is 15.4. The second-order valence-electron chi connectivity index (χ2n) is 4.01. The molecule has 0 unspecified atom stereocenters. The number of nitro groups is 1. The van der Waals surface area contributed by atoms with Gasteiger partial charge in [0, 0.05) is 27.3 Å². The van der Waals surface area contributed by atoms with Gasteiger partial charge in [-0.2, -0.15) is 0 Å². The molecule has 0 aliphatic carbocycles. The smallest absolute Gasteiger partial charge is 0.307 e.